The van der Waals surface area contributed by atoms with Crippen molar-refractivity contribution >= 4 is 44.7 Å². The summed E-state index contributed by atoms with van der Waals surface area (Å²) in [5.74, 6) is -3.44. The Balaban J connectivity index is 0.736. The van der Waals surface area contributed by atoms with E-state index in [4.69, 9.17) is 29.7 Å². The lowest BCUT2D eigenvalue weighted by molar-refractivity contribution is -0.134. The van der Waals surface area contributed by atoms with Gasteiger partial charge in [0.15, 0.2) is 23.0 Å². The SMILES string of the molecule is Cn1nc(C2CCC(=O)NC2=O)c2cc(F)c(N3CCC4(CCN(CC5(COc6cc(Oc7cncnc7)nc(-c7noc8c7CCC[C@@]87CCCc8sc(N)c(C#N)c87)n6)CC5(F)F)CC4)CC3)cc21. The third-order valence-corrected chi connectivity index (χ3v) is 17.4. The maximum absolute atomic E-state index is 15.9. The topological polar surface area (TPSA) is 216 Å². The molecule has 1 saturated carbocycles. The van der Waals surface area contributed by atoms with Crippen LogP contribution in [0.25, 0.3) is 22.4 Å². The van der Waals surface area contributed by atoms with Crippen LogP contribution in [-0.4, -0.2) is 96.8 Å². The Kier molecular flexibility index (Phi) is 10.9. The predicted octanol–water partition coefficient (Wildman–Crippen LogP) is 7.52. The minimum Gasteiger partial charge on any atom is -0.477 e. The molecule has 2 amide bonds. The summed E-state index contributed by atoms with van der Waals surface area (Å²) >= 11 is 1.46. The number of likely N-dealkylation sites (tertiary alicyclic amines) is 1. The predicted molar refractivity (Wildman–Crippen MR) is 253 cm³/mol. The molecule has 6 aromatic rings. The van der Waals surface area contributed by atoms with Gasteiger partial charge in [0.1, 0.15) is 29.8 Å². The van der Waals surface area contributed by atoms with Gasteiger partial charge in [0.25, 0.3) is 5.92 Å². The first-order valence-corrected chi connectivity index (χ1v) is 25.2. The third-order valence-electron chi connectivity index (χ3n) is 16.3. The molecule has 71 heavy (non-hydrogen) atoms. The van der Waals surface area contributed by atoms with Gasteiger partial charge in [0.2, 0.25) is 23.6 Å². The van der Waals surface area contributed by atoms with Crippen LogP contribution in [-0.2, 0) is 34.9 Å². The van der Waals surface area contributed by atoms with Gasteiger partial charge in [-0.15, -0.1) is 11.3 Å². The number of hydrogen-bond acceptors (Lipinski definition) is 16. The summed E-state index contributed by atoms with van der Waals surface area (Å²) in [5.41, 5.74) is 8.70. The Morgan fingerprint density at radius 3 is 2.45 bits per heavy atom. The monoisotopic (exact) mass is 988 g/mol. The molecule has 8 heterocycles. The summed E-state index contributed by atoms with van der Waals surface area (Å²) < 4.78 is 67.4. The van der Waals surface area contributed by atoms with Gasteiger partial charge in [0.05, 0.1) is 57.7 Å². The number of anilines is 2. The number of halogens is 3. The summed E-state index contributed by atoms with van der Waals surface area (Å²) in [6.07, 6.45) is 12.6. The molecule has 3 saturated heterocycles. The van der Waals surface area contributed by atoms with Crippen LogP contribution in [0.2, 0.25) is 0 Å². The third kappa shape index (κ3) is 7.75. The fourth-order valence-electron chi connectivity index (χ4n) is 12.4. The zero-order valence-electron chi connectivity index (χ0n) is 39.1. The molecule has 5 aromatic heterocycles. The first-order valence-electron chi connectivity index (χ1n) is 24.4. The zero-order chi connectivity index (χ0) is 48.9. The normalized spacial score (nSPS) is 24.7. The number of aryl methyl sites for hydroxylation is 2. The number of thiophene rings is 1. The van der Waals surface area contributed by atoms with Gasteiger partial charge in [-0.1, -0.05) is 5.16 Å². The number of nitriles is 1. The van der Waals surface area contributed by atoms with E-state index in [0.717, 1.165) is 73.8 Å². The lowest BCUT2D eigenvalue weighted by atomic mass is 9.63. The van der Waals surface area contributed by atoms with Crippen molar-refractivity contribution in [3.05, 3.63) is 75.8 Å². The molecule has 2 unspecified atom stereocenters. The minimum absolute atomic E-state index is 0.0145. The van der Waals surface area contributed by atoms with Crippen LogP contribution in [0.15, 0.2) is 41.4 Å². The van der Waals surface area contributed by atoms with Crippen LogP contribution >= 0.6 is 11.3 Å². The van der Waals surface area contributed by atoms with Crippen LogP contribution in [0, 0.1) is 28.0 Å². The number of amides is 2. The number of carbonyl (C=O) groups is 2. The summed E-state index contributed by atoms with van der Waals surface area (Å²) in [7, 11) is 1.77. The molecule has 0 radical (unpaired) electrons. The summed E-state index contributed by atoms with van der Waals surface area (Å²) in [5, 5.41) is 22.8. The number of rotatable bonds is 10. The second-order valence-corrected chi connectivity index (χ2v) is 21.6. The molecule has 21 heteroatoms. The lowest BCUT2D eigenvalue weighted by Crippen LogP contribution is -2.49. The molecule has 4 fully saturated rings. The first kappa shape index (κ1) is 45.5. The molecule has 17 nitrogen and oxygen atoms in total. The van der Waals surface area contributed by atoms with Gasteiger partial charge in [0, 0.05) is 55.4 Å². The number of nitrogens with zero attached hydrogens (tertiary/aromatic N) is 10. The number of nitrogen functional groups attached to an aromatic ring is 1. The first-order chi connectivity index (χ1) is 34.3. The Labute approximate surface area is 409 Å². The molecule has 6 aliphatic rings. The van der Waals surface area contributed by atoms with E-state index >= 15 is 13.2 Å². The van der Waals surface area contributed by atoms with Crippen molar-refractivity contribution in [2.75, 3.05) is 50.0 Å². The Hall–Kier alpha value is -6.66. The number of nitrogens with two attached hydrogens (primary N) is 1. The van der Waals surface area contributed by atoms with Gasteiger partial charge in [-0.3, -0.25) is 19.6 Å². The van der Waals surface area contributed by atoms with E-state index in [1.165, 1.54) is 42.2 Å². The van der Waals surface area contributed by atoms with Crippen molar-refractivity contribution in [2.24, 2.45) is 17.9 Å². The quantitative estimate of drug-likeness (QED) is 0.127. The number of nitrogens with one attached hydrogen (secondary N) is 1. The van der Waals surface area contributed by atoms with Crippen LogP contribution in [0.5, 0.6) is 17.5 Å². The highest BCUT2D eigenvalue weighted by Crippen LogP contribution is 2.61. The van der Waals surface area contributed by atoms with Crippen LogP contribution in [0.4, 0.5) is 23.9 Å². The van der Waals surface area contributed by atoms with Crippen LogP contribution in [0.3, 0.4) is 0 Å². The van der Waals surface area contributed by atoms with E-state index in [1.807, 2.05) is 0 Å². The standard InChI is InChI=1S/C50H51F3N12O5S/c1-63-34-19-35(33(51)18-31(34)41(61-63)30-6-7-37(66)58-46(30)67)65-16-12-47(13-17-65)10-14-64(15-11-47)25-48(24-50(48,52)53)26-68-38-20-39(69-28-22-56-27-57-23-28)60-45(59-38)42-29-4-2-8-49(43(29)70-62-42)9-3-5-36-40(49)32(21-54)44(55)71-36/h18-20,22-23,27,30H,2-17,24-26,55H2,1H3,(H,58,66,67)/t30?,48?,49-/m0/s1. The van der Waals surface area contributed by atoms with Gasteiger partial charge in [-0.05, 0) is 107 Å². The Bertz CT molecular complexity index is 3150. The number of aromatic nitrogens is 7. The second kappa shape index (κ2) is 17.0. The van der Waals surface area contributed by atoms with Crippen LogP contribution in [0.1, 0.15) is 110 Å². The fourth-order valence-corrected chi connectivity index (χ4v) is 13.5. The van der Waals surface area contributed by atoms with E-state index in [2.05, 4.69) is 41.4 Å². The lowest BCUT2D eigenvalue weighted by Gasteiger charge is -2.48. The minimum atomic E-state index is -2.95. The van der Waals surface area contributed by atoms with E-state index in [1.54, 1.807) is 17.8 Å². The molecule has 3 atom stereocenters. The number of alkyl halides is 2. The highest BCUT2D eigenvalue weighted by atomic mass is 32.1. The van der Waals surface area contributed by atoms with Crippen LogP contribution < -0.4 is 25.4 Å². The highest BCUT2D eigenvalue weighted by Gasteiger charge is 2.72. The molecule has 368 valence electrons. The number of piperidine rings is 3. The summed E-state index contributed by atoms with van der Waals surface area (Å²) in [4.78, 5) is 47.3. The fraction of sp³-hybridized carbons (Fsp3) is 0.500. The molecule has 0 bridgehead atoms. The molecule has 3 N–H and O–H groups in total. The van der Waals surface area contributed by atoms with Gasteiger partial charge >= 0.3 is 0 Å². The molecular weight excluding hydrogens is 938 g/mol. The Morgan fingerprint density at radius 1 is 0.986 bits per heavy atom. The van der Waals surface area contributed by atoms with E-state index < -0.39 is 28.6 Å². The molecular formula is C50H51F3N12O5S. The van der Waals surface area contributed by atoms with Gasteiger partial charge < -0.3 is 29.5 Å². The highest BCUT2D eigenvalue weighted by molar-refractivity contribution is 7.16. The summed E-state index contributed by atoms with van der Waals surface area (Å²) in [6.45, 7) is 2.45. The van der Waals surface area contributed by atoms with Crippen molar-refractivity contribution in [1.29, 1.82) is 5.26 Å². The average Bonchev–Trinajstić information content (AvgIpc) is 3.74. The van der Waals surface area contributed by atoms with Crippen molar-refractivity contribution in [1.82, 2.24) is 45.1 Å². The van der Waals surface area contributed by atoms with E-state index in [9.17, 15) is 14.9 Å². The van der Waals surface area contributed by atoms with Crippen molar-refractivity contribution in [2.45, 2.75) is 101 Å². The molecule has 3 aliphatic heterocycles. The number of benzene rings is 1. The van der Waals surface area contributed by atoms with Crippen molar-refractivity contribution in [3.63, 3.8) is 0 Å². The maximum atomic E-state index is 15.9. The number of hydrogen-bond donors (Lipinski definition) is 2. The largest absolute Gasteiger partial charge is 0.477 e. The average molecular weight is 989 g/mol. The smallest absolute Gasteiger partial charge is 0.259 e. The zero-order valence-corrected chi connectivity index (χ0v) is 39.9. The molecule has 2 spiro atoms. The summed E-state index contributed by atoms with van der Waals surface area (Å²) in [6, 6.07) is 7.08. The molecule has 1 aromatic carbocycles. The van der Waals surface area contributed by atoms with Gasteiger partial charge in [-0.2, -0.15) is 20.3 Å². The number of carbonyl (C=O) groups excluding carboxylic acids is 2. The number of fused-ring (bicyclic) bond motifs is 5. The maximum Gasteiger partial charge on any atom is 0.259 e. The van der Waals surface area contributed by atoms with Gasteiger partial charge in [-0.25, -0.2) is 23.1 Å². The van der Waals surface area contributed by atoms with E-state index in [0.29, 0.717) is 89.1 Å². The Morgan fingerprint density at radius 2 is 1.72 bits per heavy atom. The second-order valence-electron chi connectivity index (χ2n) is 20.5. The van der Waals surface area contributed by atoms with E-state index in [-0.39, 0.29) is 60.7 Å². The number of imide groups is 1. The van der Waals surface area contributed by atoms with Crippen molar-refractivity contribution in [3.8, 4) is 35.1 Å². The van der Waals surface area contributed by atoms with Crippen molar-refractivity contribution < 1.29 is 36.8 Å². The molecule has 3 aliphatic carbocycles. The molecule has 12 rings (SSSR count). The number of ether oxygens (including phenoxy) is 2.